The Kier molecular flexibility index (Phi) is 10.6. The summed E-state index contributed by atoms with van der Waals surface area (Å²) in [5.74, 6) is -1.27. The summed E-state index contributed by atoms with van der Waals surface area (Å²) in [6, 6.07) is 10.1. The minimum Gasteiger partial charge on any atom is -0.352 e. The first kappa shape index (κ1) is 30.2. The number of aryl methyl sites for hydroxylation is 2. The van der Waals surface area contributed by atoms with Crippen LogP contribution in [-0.4, -0.2) is 62.2 Å². The molecule has 0 bridgehead atoms. The van der Waals surface area contributed by atoms with Gasteiger partial charge in [-0.2, -0.15) is 12.7 Å². The monoisotopic (exact) mass is 534 g/mol. The van der Waals surface area contributed by atoms with E-state index >= 15 is 0 Å². The summed E-state index contributed by atoms with van der Waals surface area (Å²) < 4.78 is 42.4. The normalized spacial score (nSPS) is 13.2. The number of halogens is 1. The molecule has 0 radical (unpaired) electrons. The number of carbonyl (C=O) groups excluding carboxylic acids is 2. The van der Waals surface area contributed by atoms with Crippen molar-refractivity contribution in [2.75, 3.05) is 24.9 Å². The summed E-state index contributed by atoms with van der Waals surface area (Å²) in [6.07, 6.45) is 1.04. The van der Waals surface area contributed by atoms with Crippen molar-refractivity contribution in [3.05, 3.63) is 65.0 Å². The molecule has 0 saturated heterocycles. The second kappa shape index (κ2) is 13.0. The van der Waals surface area contributed by atoms with Crippen molar-refractivity contribution in [3.63, 3.8) is 0 Å². The molecule has 0 fully saturated rings. The second-order valence-electron chi connectivity index (χ2n) is 9.48. The van der Waals surface area contributed by atoms with Gasteiger partial charge >= 0.3 is 10.2 Å². The lowest BCUT2D eigenvalue weighted by molar-refractivity contribution is -0.140. The number of benzene rings is 2. The Balaban J connectivity index is 2.55. The van der Waals surface area contributed by atoms with Crippen LogP contribution in [0.4, 0.5) is 10.1 Å². The van der Waals surface area contributed by atoms with Crippen LogP contribution in [0, 0.1) is 19.7 Å². The Labute approximate surface area is 220 Å². The first-order chi connectivity index (χ1) is 17.3. The molecule has 0 aliphatic carbocycles. The summed E-state index contributed by atoms with van der Waals surface area (Å²) in [7, 11) is -1.23. The van der Waals surface area contributed by atoms with Crippen molar-refractivity contribution < 1.29 is 22.4 Å². The summed E-state index contributed by atoms with van der Waals surface area (Å²) in [5.41, 5.74) is 2.55. The fourth-order valence-electron chi connectivity index (χ4n) is 3.84. The van der Waals surface area contributed by atoms with E-state index in [1.807, 2.05) is 26.8 Å². The maximum Gasteiger partial charge on any atom is 0.304 e. The average molecular weight is 535 g/mol. The fraction of sp³-hybridized carbons (Fsp3) is 0.481. The van der Waals surface area contributed by atoms with Crippen molar-refractivity contribution in [1.29, 1.82) is 0 Å². The molecule has 2 unspecified atom stereocenters. The quantitative estimate of drug-likeness (QED) is 0.449. The molecule has 1 N–H and O–H groups in total. The molecule has 0 aromatic heterocycles. The van der Waals surface area contributed by atoms with Crippen LogP contribution in [0.3, 0.4) is 0 Å². The molecule has 2 amide bonds. The van der Waals surface area contributed by atoms with Crippen LogP contribution in [0.2, 0.25) is 0 Å². The number of hydrogen-bond acceptors (Lipinski definition) is 4. The number of nitrogens with one attached hydrogen (secondary N) is 1. The standard InChI is InChI=1S/C27H39FN4O4S/c1-8-21(5)29-27(34)24(9-2)31(17-22-12-14-23(28)15-13-22)26(33)18-32(37(35,36)30(6)7)25-16-19(3)10-11-20(25)4/h10-16,21,24H,8-9,17-18H2,1-7H3,(H,29,34). The Morgan fingerprint density at radius 2 is 1.62 bits per heavy atom. The highest BCUT2D eigenvalue weighted by molar-refractivity contribution is 7.90. The molecule has 204 valence electrons. The van der Waals surface area contributed by atoms with Gasteiger partial charge in [-0.15, -0.1) is 0 Å². The van der Waals surface area contributed by atoms with Crippen molar-refractivity contribution >= 4 is 27.7 Å². The number of anilines is 1. The largest absolute Gasteiger partial charge is 0.352 e. The van der Waals surface area contributed by atoms with Gasteiger partial charge < -0.3 is 10.2 Å². The average Bonchev–Trinajstić information content (AvgIpc) is 2.84. The second-order valence-corrected chi connectivity index (χ2v) is 11.5. The van der Waals surface area contributed by atoms with Gasteiger partial charge in [-0.3, -0.25) is 9.59 Å². The number of rotatable bonds is 12. The Morgan fingerprint density at radius 1 is 1.00 bits per heavy atom. The third-order valence-corrected chi connectivity index (χ3v) is 8.11. The van der Waals surface area contributed by atoms with Crippen LogP contribution in [-0.2, 0) is 26.3 Å². The van der Waals surface area contributed by atoms with E-state index in [2.05, 4.69) is 5.32 Å². The summed E-state index contributed by atoms with van der Waals surface area (Å²) in [4.78, 5) is 28.4. The molecule has 0 saturated carbocycles. The summed E-state index contributed by atoms with van der Waals surface area (Å²) in [5, 5.41) is 2.93. The van der Waals surface area contributed by atoms with Gasteiger partial charge in [0.25, 0.3) is 0 Å². The third kappa shape index (κ3) is 7.75. The SMILES string of the molecule is CCC(C)NC(=O)C(CC)N(Cc1ccc(F)cc1)C(=O)CN(c1cc(C)ccc1C)S(=O)(=O)N(C)C. The van der Waals surface area contributed by atoms with Gasteiger partial charge in [-0.1, -0.05) is 38.1 Å². The molecule has 0 aliphatic heterocycles. The number of amides is 2. The number of nitrogens with zero attached hydrogens (tertiary/aromatic N) is 3. The van der Waals surface area contributed by atoms with E-state index in [0.29, 0.717) is 23.2 Å². The topological polar surface area (TPSA) is 90.0 Å². The minimum atomic E-state index is -4.04. The van der Waals surface area contributed by atoms with Gasteiger partial charge in [0.05, 0.1) is 5.69 Å². The highest BCUT2D eigenvalue weighted by Gasteiger charge is 2.34. The molecular weight excluding hydrogens is 495 g/mol. The summed E-state index contributed by atoms with van der Waals surface area (Å²) in [6.45, 7) is 8.77. The van der Waals surface area contributed by atoms with Gasteiger partial charge in [-0.25, -0.2) is 8.70 Å². The van der Waals surface area contributed by atoms with E-state index < -0.39 is 34.5 Å². The van der Waals surface area contributed by atoms with Crippen molar-refractivity contribution in [1.82, 2.24) is 14.5 Å². The van der Waals surface area contributed by atoms with E-state index in [9.17, 15) is 22.4 Å². The molecule has 2 aromatic carbocycles. The van der Waals surface area contributed by atoms with Crippen molar-refractivity contribution in [2.24, 2.45) is 0 Å². The van der Waals surface area contributed by atoms with E-state index in [1.54, 1.807) is 38.1 Å². The molecule has 0 spiro atoms. The molecule has 2 rings (SSSR count). The Hall–Kier alpha value is -2.98. The predicted molar refractivity (Wildman–Crippen MR) is 145 cm³/mol. The number of carbonyl (C=O) groups is 2. The highest BCUT2D eigenvalue weighted by atomic mass is 32.2. The molecule has 10 heteroatoms. The minimum absolute atomic E-state index is 0.0220. The zero-order chi connectivity index (χ0) is 27.9. The smallest absolute Gasteiger partial charge is 0.304 e. The van der Waals surface area contributed by atoms with Crippen LogP contribution in [0.5, 0.6) is 0 Å². The maximum atomic E-state index is 13.9. The fourth-order valence-corrected chi connectivity index (χ4v) is 4.95. The maximum absolute atomic E-state index is 13.9. The molecule has 8 nitrogen and oxygen atoms in total. The highest BCUT2D eigenvalue weighted by Crippen LogP contribution is 2.26. The van der Waals surface area contributed by atoms with Gasteiger partial charge in [0.2, 0.25) is 11.8 Å². The van der Waals surface area contributed by atoms with Crippen LogP contribution in [0.25, 0.3) is 0 Å². The lowest BCUT2D eigenvalue weighted by Gasteiger charge is -2.34. The number of hydrogen-bond donors (Lipinski definition) is 1. The van der Waals surface area contributed by atoms with Gasteiger partial charge in [0.1, 0.15) is 18.4 Å². The van der Waals surface area contributed by atoms with E-state index in [4.69, 9.17) is 0 Å². The van der Waals surface area contributed by atoms with E-state index in [0.717, 1.165) is 20.6 Å². The lowest BCUT2D eigenvalue weighted by Crippen LogP contribution is -2.54. The van der Waals surface area contributed by atoms with Crippen molar-refractivity contribution in [3.8, 4) is 0 Å². The third-order valence-electron chi connectivity index (χ3n) is 6.31. The van der Waals surface area contributed by atoms with Gasteiger partial charge in [0.15, 0.2) is 0 Å². The molecule has 2 atom stereocenters. The van der Waals surface area contributed by atoms with Crippen LogP contribution < -0.4 is 9.62 Å². The lowest BCUT2D eigenvalue weighted by atomic mass is 10.1. The summed E-state index contributed by atoms with van der Waals surface area (Å²) >= 11 is 0. The first-order valence-electron chi connectivity index (χ1n) is 12.4. The molecule has 2 aromatic rings. The van der Waals surface area contributed by atoms with Crippen molar-refractivity contribution in [2.45, 2.75) is 66.1 Å². The zero-order valence-corrected chi connectivity index (χ0v) is 23.6. The van der Waals surface area contributed by atoms with Gasteiger partial charge in [0, 0.05) is 26.7 Å². The Morgan fingerprint density at radius 3 is 2.16 bits per heavy atom. The van der Waals surface area contributed by atoms with E-state index in [-0.39, 0.29) is 18.5 Å². The molecular formula is C27H39FN4O4S. The Bertz CT molecular complexity index is 1190. The van der Waals surface area contributed by atoms with Crippen LogP contribution in [0.15, 0.2) is 42.5 Å². The van der Waals surface area contributed by atoms with E-state index in [1.165, 1.54) is 31.1 Å². The predicted octanol–water partition coefficient (Wildman–Crippen LogP) is 3.78. The molecule has 0 aliphatic rings. The van der Waals surface area contributed by atoms with Gasteiger partial charge in [-0.05, 0) is 68.5 Å². The first-order valence-corrected chi connectivity index (χ1v) is 13.8. The zero-order valence-electron chi connectivity index (χ0n) is 22.8. The molecule has 0 heterocycles. The van der Waals surface area contributed by atoms with Crippen LogP contribution in [0.1, 0.15) is 50.3 Å². The van der Waals surface area contributed by atoms with Crippen LogP contribution >= 0.6 is 0 Å². The molecule has 37 heavy (non-hydrogen) atoms.